The van der Waals surface area contributed by atoms with Gasteiger partial charge >= 0.3 is 0 Å². The molecule has 4 rings (SSSR count). The van der Waals surface area contributed by atoms with Crippen LogP contribution in [0.4, 0.5) is 0 Å². The van der Waals surface area contributed by atoms with Crippen LogP contribution in [0.25, 0.3) is 17.1 Å². The van der Waals surface area contributed by atoms with E-state index in [0.29, 0.717) is 15.7 Å². The Morgan fingerprint density at radius 2 is 1.73 bits per heavy atom. The standard InChI is InChI=1S/C18H14N4OS3/c1-12(15-19-20-16(23-15)13-8-4-2-5-9-13)25-17-21-22(18(24)26-17)14-10-6-3-7-11-14/h2-12H,1H3. The summed E-state index contributed by atoms with van der Waals surface area (Å²) in [6.07, 6.45) is 0. The maximum Gasteiger partial charge on any atom is 0.247 e. The molecule has 0 N–H and O–H groups in total. The van der Waals surface area contributed by atoms with Crippen molar-refractivity contribution in [2.75, 3.05) is 0 Å². The van der Waals surface area contributed by atoms with E-state index in [1.54, 1.807) is 16.4 Å². The second-order valence-electron chi connectivity index (χ2n) is 5.45. The molecule has 130 valence electrons. The molecule has 0 saturated carbocycles. The maximum atomic E-state index is 5.83. The zero-order valence-corrected chi connectivity index (χ0v) is 16.2. The molecule has 2 aromatic heterocycles. The Hall–Kier alpha value is -2.29. The summed E-state index contributed by atoms with van der Waals surface area (Å²) in [5.41, 5.74) is 1.87. The molecule has 4 aromatic rings. The van der Waals surface area contributed by atoms with Gasteiger partial charge in [-0.25, -0.2) is 4.68 Å². The molecule has 2 aromatic carbocycles. The van der Waals surface area contributed by atoms with E-state index in [-0.39, 0.29) is 5.25 Å². The Bertz CT molecular complexity index is 1060. The van der Waals surface area contributed by atoms with Crippen molar-refractivity contribution in [1.29, 1.82) is 0 Å². The van der Waals surface area contributed by atoms with Gasteiger partial charge in [-0.2, -0.15) is 0 Å². The first kappa shape index (κ1) is 17.1. The lowest BCUT2D eigenvalue weighted by Gasteiger charge is -2.03. The van der Waals surface area contributed by atoms with Crippen LogP contribution in [0.2, 0.25) is 0 Å². The van der Waals surface area contributed by atoms with Crippen molar-refractivity contribution in [2.24, 2.45) is 0 Å². The zero-order chi connectivity index (χ0) is 17.9. The van der Waals surface area contributed by atoms with E-state index in [1.165, 1.54) is 11.3 Å². The predicted octanol–water partition coefficient (Wildman–Crippen LogP) is 5.57. The lowest BCUT2D eigenvalue weighted by Crippen LogP contribution is -1.96. The quantitative estimate of drug-likeness (QED) is 0.324. The van der Waals surface area contributed by atoms with E-state index in [4.69, 9.17) is 16.6 Å². The molecule has 0 fully saturated rings. The molecule has 0 aliphatic carbocycles. The molecular weight excluding hydrogens is 384 g/mol. The first-order valence-corrected chi connectivity index (χ1v) is 10.0. The van der Waals surface area contributed by atoms with Crippen molar-refractivity contribution in [2.45, 2.75) is 16.5 Å². The molecule has 0 saturated heterocycles. The molecular formula is C18H14N4OS3. The summed E-state index contributed by atoms with van der Waals surface area (Å²) in [6, 6.07) is 19.6. The summed E-state index contributed by atoms with van der Waals surface area (Å²) in [5.74, 6) is 1.09. The summed E-state index contributed by atoms with van der Waals surface area (Å²) in [6.45, 7) is 2.02. The molecule has 1 unspecified atom stereocenters. The van der Waals surface area contributed by atoms with Gasteiger partial charge in [-0.3, -0.25) is 0 Å². The van der Waals surface area contributed by atoms with Crippen LogP contribution in [-0.2, 0) is 0 Å². The highest BCUT2D eigenvalue weighted by Crippen LogP contribution is 2.36. The minimum absolute atomic E-state index is 0.0234. The van der Waals surface area contributed by atoms with Gasteiger partial charge in [-0.05, 0) is 43.4 Å². The van der Waals surface area contributed by atoms with E-state index < -0.39 is 0 Å². The molecule has 8 heteroatoms. The average molecular weight is 399 g/mol. The number of thioether (sulfide) groups is 1. The lowest BCUT2D eigenvalue weighted by molar-refractivity contribution is 0.509. The Morgan fingerprint density at radius 3 is 2.46 bits per heavy atom. The van der Waals surface area contributed by atoms with Gasteiger partial charge in [0.25, 0.3) is 0 Å². The van der Waals surface area contributed by atoms with Crippen LogP contribution in [0.5, 0.6) is 0 Å². The van der Waals surface area contributed by atoms with Crippen molar-refractivity contribution >= 4 is 35.3 Å². The lowest BCUT2D eigenvalue weighted by atomic mass is 10.2. The molecule has 0 amide bonds. The second-order valence-corrected chi connectivity index (χ2v) is 8.66. The van der Waals surface area contributed by atoms with Gasteiger partial charge in [0.05, 0.1) is 10.9 Å². The summed E-state index contributed by atoms with van der Waals surface area (Å²) in [7, 11) is 0. The second kappa shape index (κ2) is 7.53. The van der Waals surface area contributed by atoms with E-state index in [2.05, 4.69) is 15.3 Å². The van der Waals surface area contributed by atoms with Gasteiger partial charge in [-0.15, -0.1) is 15.3 Å². The monoisotopic (exact) mass is 398 g/mol. The van der Waals surface area contributed by atoms with Crippen LogP contribution >= 0.6 is 35.3 Å². The summed E-state index contributed by atoms with van der Waals surface area (Å²) >= 11 is 8.48. The van der Waals surface area contributed by atoms with Crippen LogP contribution in [0, 0.1) is 3.95 Å². The van der Waals surface area contributed by atoms with Gasteiger partial charge < -0.3 is 4.42 Å². The number of hydrogen-bond donors (Lipinski definition) is 0. The van der Waals surface area contributed by atoms with Gasteiger partial charge in [0.15, 0.2) is 8.29 Å². The van der Waals surface area contributed by atoms with Gasteiger partial charge in [0.1, 0.15) is 0 Å². The molecule has 0 bridgehead atoms. The van der Waals surface area contributed by atoms with Crippen LogP contribution in [0.3, 0.4) is 0 Å². The molecule has 1 atom stereocenters. The Kier molecular flexibility index (Phi) is 4.96. The first-order valence-electron chi connectivity index (χ1n) is 7.92. The third-order valence-corrected chi connectivity index (χ3v) is 6.02. The highest BCUT2D eigenvalue weighted by Gasteiger charge is 2.18. The van der Waals surface area contributed by atoms with Crippen molar-refractivity contribution in [3.8, 4) is 17.1 Å². The minimum Gasteiger partial charge on any atom is -0.419 e. The normalized spacial score (nSPS) is 12.2. The topological polar surface area (TPSA) is 56.7 Å². The number of rotatable bonds is 5. The SMILES string of the molecule is CC(Sc1nn(-c2ccccc2)c(=S)s1)c1nnc(-c2ccccc2)o1. The van der Waals surface area contributed by atoms with E-state index >= 15 is 0 Å². The first-order chi connectivity index (χ1) is 12.7. The van der Waals surface area contributed by atoms with Crippen LogP contribution in [0.15, 0.2) is 69.4 Å². The Labute approximate surface area is 163 Å². The molecule has 0 radical (unpaired) electrons. The van der Waals surface area contributed by atoms with Crippen LogP contribution < -0.4 is 0 Å². The van der Waals surface area contributed by atoms with E-state index in [0.717, 1.165) is 15.6 Å². The van der Waals surface area contributed by atoms with Gasteiger partial charge in [0, 0.05) is 5.56 Å². The fourth-order valence-electron chi connectivity index (χ4n) is 2.34. The maximum absolute atomic E-state index is 5.83. The fourth-order valence-corrected chi connectivity index (χ4v) is 4.87. The number of nitrogens with zero attached hydrogens (tertiary/aromatic N) is 4. The highest BCUT2D eigenvalue weighted by molar-refractivity contribution is 8.01. The molecule has 0 aliphatic rings. The number of benzene rings is 2. The van der Waals surface area contributed by atoms with Gasteiger partial charge in [0.2, 0.25) is 11.8 Å². The molecule has 26 heavy (non-hydrogen) atoms. The van der Waals surface area contributed by atoms with E-state index in [1.807, 2.05) is 67.6 Å². The summed E-state index contributed by atoms with van der Waals surface area (Å²) in [5, 5.41) is 12.9. The van der Waals surface area contributed by atoms with Crippen LogP contribution in [-0.4, -0.2) is 20.0 Å². The summed E-state index contributed by atoms with van der Waals surface area (Å²) < 4.78 is 9.18. The Balaban J connectivity index is 1.53. The smallest absolute Gasteiger partial charge is 0.247 e. The molecule has 0 aliphatic heterocycles. The predicted molar refractivity (Wildman–Crippen MR) is 106 cm³/mol. The molecule has 0 spiro atoms. The van der Waals surface area contributed by atoms with Crippen molar-refractivity contribution in [1.82, 2.24) is 20.0 Å². The van der Waals surface area contributed by atoms with Crippen molar-refractivity contribution < 1.29 is 4.42 Å². The largest absolute Gasteiger partial charge is 0.419 e. The number of hydrogen-bond acceptors (Lipinski definition) is 7. The molecule has 2 heterocycles. The van der Waals surface area contributed by atoms with Crippen molar-refractivity contribution in [3.63, 3.8) is 0 Å². The minimum atomic E-state index is -0.0234. The van der Waals surface area contributed by atoms with E-state index in [9.17, 15) is 0 Å². The summed E-state index contributed by atoms with van der Waals surface area (Å²) in [4.78, 5) is 0. The van der Waals surface area contributed by atoms with Gasteiger partial charge in [-0.1, -0.05) is 59.5 Å². The van der Waals surface area contributed by atoms with Crippen molar-refractivity contribution in [3.05, 3.63) is 70.5 Å². The number of aromatic nitrogens is 4. The third kappa shape index (κ3) is 3.62. The third-order valence-electron chi connectivity index (χ3n) is 3.62. The molecule has 5 nitrogen and oxygen atoms in total. The number of para-hydroxylation sites is 1. The highest BCUT2D eigenvalue weighted by atomic mass is 32.2. The average Bonchev–Trinajstić information content (AvgIpc) is 3.30. The Morgan fingerprint density at radius 1 is 1.04 bits per heavy atom. The zero-order valence-electron chi connectivity index (χ0n) is 13.8. The fraction of sp³-hybridized carbons (Fsp3) is 0.111. The van der Waals surface area contributed by atoms with Crippen LogP contribution in [0.1, 0.15) is 18.1 Å².